The summed E-state index contributed by atoms with van der Waals surface area (Å²) in [6.45, 7) is 0. The van der Waals surface area contributed by atoms with Gasteiger partial charge in [0.2, 0.25) is 0 Å². The molecule has 1 N–H and O–H groups in total. The summed E-state index contributed by atoms with van der Waals surface area (Å²) in [6.07, 6.45) is 3.05. The van der Waals surface area contributed by atoms with Gasteiger partial charge in [-0.05, 0) is 36.4 Å². The number of carbonyl (C=O) groups is 1. The lowest BCUT2D eigenvalue weighted by Crippen LogP contribution is -2.19. The monoisotopic (exact) mass is 345 g/mol. The Labute approximate surface area is 148 Å². The molecule has 26 heavy (non-hydrogen) atoms. The lowest BCUT2D eigenvalue weighted by atomic mass is 10.2. The Balaban J connectivity index is 1.70. The van der Waals surface area contributed by atoms with Crippen LogP contribution in [0.15, 0.2) is 71.9 Å². The molecule has 1 amide bonds. The van der Waals surface area contributed by atoms with Crippen LogP contribution in [-0.2, 0) is 7.05 Å². The minimum Gasteiger partial charge on any atom is -0.321 e. The molecule has 0 unspecified atom stereocenters. The van der Waals surface area contributed by atoms with Crippen molar-refractivity contribution < 1.29 is 4.79 Å². The number of nitrogens with one attached hydrogen (secondary N) is 1. The molecule has 2 heterocycles. The van der Waals surface area contributed by atoms with Crippen LogP contribution in [0.2, 0.25) is 0 Å². The SMILES string of the molecule is Cn1nccc1C(=O)Nc1ccc2c(=O)n(-c3ccccc3)cnc2c1. The minimum absolute atomic E-state index is 0.161. The highest BCUT2D eigenvalue weighted by Gasteiger charge is 2.11. The van der Waals surface area contributed by atoms with Crippen molar-refractivity contribution in [3.63, 3.8) is 0 Å². The zero-order chi connectivity index (χ0) is 18.1. The second-order valence-corrected chi connectivity index (χ2v) is 5.78. The van der Waals surface area contributed by atoms with Gasteiger partial charge in [0, 0.05) is 18.9 Å². The van der Waals surface area contributed by atoms with Gasteiger partial charge in [-0.1, -0.05) is 18.2 Å². The summed E-state index contributed by atoms with van der Waals surface area (Å²) < 4.78 is 2.99. The average Bonchev–Trinajstić information content (AvgIpc) is 3.09. The molecule has 0 bridgehead atoms. The van der Waals surface area contributed by atoms with Crippen LogP contribution in [0.5, 0.6) is 0 Å². The van der Waals surface area contributed by atoms with Crippen molar-refractivity contribution in [2.24, 2.45) is 7.05 Å². The third kappa shape index (κ3) is 2.75. The Kier molecular flexibility index (Phi) is 3.81. The number of para-hydroxylation sites is 1. The van der Waals surface area contributed by atoms with Crippen LogP contribution in [0.4, 0.5) is 5.69 Å². The Bertz CT molecular complexity index is 1160. The molecule has 0 aliphatic carbocycles. The van der Waals surface area contributed by atoms with Gasteiger partial charge in [0.15, 0.2) is 0 Å². The molecule has 0 aliphatic heterocycles. The van der Waals surface area contributed by atoms with E-state index >= 15 is 0 Å². The van der Waals surface area contributed by atoms with Crippen LogP contribution >= 0.6 is 0 Å². The molecule has 2 aromatic carbocycles. The zero-order valence-electron chi connectivity index (χ0n) is 14.0. The molecule has 4 aromatic rings. The number of nitrogens with zero attached hydrogens (tertiary/aromatic N) is 4. The van der Waals surface area contributed by atoms with Crippen LogP contribution < -0.4 is 10.9 Å². The highest BCUT2D eigenvalue weighted by Crippen LogP contribution is 2.16. The normalized spacial score (nSPS) is 10.8. The minimum atomic E-state index is -0.276. The second kappa shape index (κ2) is 6.29. The van der Waals surface area contributed by atoms with Gasteiger partial charge in [-0.15, -0.1) is 0 Å². The fourth-order valence-electron chi connectivity index (χ4n) is 2.76. The van der Waals surface area contributed by atoms with E-state index in [1.54, 1.807) is 37.5 Å². The van der Waals surface area contributed by atoms with Crippen molar-refractivity contribution in [2.45, 2.75) is 0 Å². The molecule has 0 saturated carbocycles. The Hall–Kier alpha value is -3.74. The molecule has 0 radical (unpaired) electrons. The van der Waals surface area contributed by atoms with E-state index in [1.165, 1.54) is 15.6 Å². The molecule has 4 rings (SSSR count). The number of carbonyl (C=O) groups excluding carboxylic acids is 1. The van der Waals surface area contributed by atoms with E-state index in [4.69, 9.17) is 0 Å². The lowest BCUT2D eigenvalue weighted by molar-refractivity contribution is 0.101. The van der Waals surface area contributed by atoms with Gasteiger partial charge in [-0.3, -0.25) is 18.8 Å². The number of hydrogen-bond acceptors (Lipinski definition) is 4. The number of hydrogen-bond donors (Lipinski definition) is 1. The maximum atomic E-state index is 12.7. The molecular formula is C19H15N5O2. The van der Waals surface area contributed by atoms with Gasteiger partial charge in [-0.25, -0.2) is 4.98 Å². The molecular weight excluding hydrogens is 330 g/mol. The topological polar surface area (TPSA) is 81.8 Å². The summed E-state index contributed by atoms with van der Waals surface area (Å²) in [7, 11) is 1.70. The number of aromatic nitrogens is 4. The second-order valence-electron chi connectivity index (χ2n) is 5.78. The van der Waals surface area contributed by atoms with Crippen LogP contribution in [0.1, 0.15) is 10.5 Å². The summed E-state index contributed by atoms with van der Waals surface area (Å²) >= 11 is 0. The summed E-state index contributed by atoms with van der Waals surface area (Å²) in [5.74, 6) is -0.276. The first-order chi connectivity index (χ1) is 12.6. The van der Waals surface area contributed by atoms with E-state index in [0.717, 1.165) is 5.69 Å². The van der Waals surface area contributed by atoms with Gasteiger partial charge < -0.3 is 5.32 Å². The fraction of sp³-hybridized carbons (Fsp3) is 0.0526. The average molecular weight is 345 g/mol. The molecule has 7 heteroatoms. The number of rotatable bonds is 3. The number of fused-ring (bicyclic) bond motifs is 1. The van der Waals surface area contributed by atoms with Crippen molar-refractivity contribution in [3.8, 4) is 5.69 Å². The van der Waals surface area contributed by atoms with E-state index in [2.05, 4.69) is 15.4 Å². The molecule has 0 aliphatic rings. The molecule has 128 valence electrons. The van der Waals surface area contributed by atoms with Crippen LogP contribution in [0.3, 0.4) is 0 Å². The smallest absolute Gasteiger partial charge is 0.273 e. The van der Waals surface area contributed by atoms with Gasteiger partial charge in [0.05, 0.1) is 16.6 Å². The molecule has 0 spiro atoms. The van der Waals surface area contributed by atoms with Crippen LogP contribution in [0, 0.1) is 0 Å². The molecule has 0 fully saturated rings. The Morgan fingerprint density at radius 3 is 2.62 bits per heavy atom. The first kappa shape index (κ1) is 15.8. The maximum Gasteiger partial charge on any atom is 0.273 e. The van der Waals surface area contributed by atoms with E-state index in [9.17, 15) is 9.59 Å². The van der Waals surface area contributed by atoms with Crippen molar-refractivity contribution in [3.05, 3.63) is 83.2 Å². The molecule has 0 atom stereocenters. The van der Waals surface area contributed by atoms with Gasteiger partial charge in [0.25, 0.3) is 11.5 Å². The summed E-state index contributed by atoms with van der Waals surface area (Å²) in [5, 5.41) is 7.25. The van der Waals surface area contributed by atoms with Crippen molar-refractivity contribution in [1.29, 1.82) is 0 Å². The molecule has 0 saturated heterocycles. The summed E-state index contributed by atoms with van der Waals surface area (Å²) in [6, 6.07) is 16.0. The largest absolute Gasteiger partial charge is 0.321 e. The van der Waals surface area contributed by atoms with E-state index in [-0.39, 0.29) is 11.5 Å². The van der Waals surface area contributed by atoms with E-state index < -0.39 is 0 Å². The quantitative estimate of drug-likeness (QED) is 0.618. The van der Waals surface area contributed by atoms with Crippen molar-refractivity contribution in [1.82, 2.24) is 19.3 Å². The van der Waals surface area contributed by atoms with Crippen molar-refractivity contribution in [2.75, 3.05) is 5.32 Å². The third-order valence-corrected chi connectivity index (χ3v) is 4.11. The highest BCUT2D eigenvalue weighted by molar-refractivity contribution is 6.03. The van der Waals surface area contributed by atoms with Crippen molar-refractivity contribution >= 4 is 22.5 Å². The third-order valence-electron chi connectivity index (χ3n) is 4.11. The lowest BCUT2D eigenvalue weighted by Gasteiger charge is -2.09. The highest BCUT2D eigenvalue weighted by atomic mass is 16.2. The predicted molar refractivity (Wildman–Crippen MR) is 98.5 cm³/mol. The van der Waals surface area contributed by atoms with Gasteiger partial charge in [0.1, 0.15) is 12.0 Å². The molecule has 7 nitrogen and oxygen atoms in total. The van der Waals surface area contributed by atoms with E-state index in [1.807, 2.05) is 30.3 Å². The standard InChI is InChI=1S/C19H15N5O2/c1-23-17(9-10-21-23)18(25)22-13-7-8-15-16(11-13)20-12-24(19(15)26)14-5-3-2-4-6-14/h2-12H,1H3,(H,22,25). The number of amides is 1. The van der Waals surface area contributed by atoms with Gasteiger partial charge >= 0.3 is 0 Å². The Morgan fingerprint density at radius 1 is 1.08 bits per heavy atom. The maximum absolute atomic E-state index is 12.7. The Morgan fingerprint density at radius 2 is 1.88 bits per heavy atom. The fourth-order valence-corrected chi connectivity index (χ4v) is 2.76. The summed E-state index contributed by atoms with van der Waals surface area (Å²) in [5.41, 5.74) is 2.11. The van der Waals surface area contributed by atoms with Gasteiger partial charge in [-0.2, -0.15) is 5.10 Å². The number of aryl methyl sites for hydroxylation is 1. The first-order valence-corrected chi connectivity index (χ1v) is 8.00. The summed E-state index contributed by atoms with van der Waals surface area (Å²) in [4.78, 5) is 29.4. The van der Waals surface area contributed by atoms with E-state index in [0.29, 0.717) is 22.3 Å². The first-order valence-electron chi connectivity index (χ1n) is 8.00. The zero-order valence-corrected chi connectivity index (χ0v) is 14.0. The van der Waals surface area contributed by atoms with Crippen LogP contribution in [-0.4, -0.2) is 25.2 Å². The van der Waals surface area contributed by atoms with Crippen LogP contribution in [0.25, 0.3) is 16.6 Å². The molecule has 2 aromatic heterocycles. The predicted octanol–water partition coefficient (Wildman–Crippen LogP) is 2.37. The number of benzene rings is 2. The number of anilines is 1.